The normalized spacial score (nSPS) is 16.4. The summed E-state index contributed by atoms with van der Waals surface area (Å²) in [5, 5.41) is 6.15. The van der Waals surface area contributed by atoms with Crippen molar-refractivity contribution in [3.8, 4) is 5.75 Å². The van der Waals surface area contributed by atoms with Crippen LogP contribution in [0.3, 0.4) is 0 Å². The van der Waals surface area contributed by atoms with Crippen LogP contribution in [0, 0.1) is 12.8 Å². The molecule has 3 amide bonds. The molecule has 1 aliphatic carbocycles. The fourth-order valence-electron chi connectivity index (χ4n) is 4.51. The number of pyridine rings is 1. The van der Waals surface area contributed by atoms with Gasteiger partial charge in [0.15, 0.2) is 5.65 Å². The fraction of sp³-hybridized carbons (Fsp3) is 0.357. The molecule has 1 saturated carbocycles. The zero-order valence-electron chi connectivity index (χ0n) is 24.0. The lowest BCUT2D eigenvalue weighted by atomic mass is 10.2. The lowest BCUT2D eigenvalue weighted by Crippen LogP contribution is -2.36. The SMILES string of the molecule is COc1cc(N(C=O)CC(=O)N(C)C)c2nc([C@@H](C)Nc3cc(NC(=O)C4C[C@@H]4c4nccc(C)n4)ncn3)cn2c1. The van der Waals surface area contributed by atoms with Crippen molar-refractivity contribution in [2.75, 3.05) is 43.3 Å². The summed E-state index contributed by atoms with van der Waals surface area (Å²) in [4.78, 5) is 61.8. The summed E-state index contributed by atoms with van der Waals surface area (Å²) in [5.74, 6) is 1.45. The number of ether oxygens (including phenoxy) is 1. The maximum Gasteiger partial charge on any atom is 0.242 e. The van der Waals surface area contributed by atoms with Gasteiger partial charge in [-0.05, 0) is 26.3 Å². The Morgan fingerprint density at radius 3 is 2.67 bits per heavy atom. The van der Waals surface area contributed by atoms with E-state index in [1.165, 1.54) is 23.2 Å². The number of carbonyl (C=O) groups excluding carboxylic acids is 3. The quantitative estimate of drug-likeness (QED) is 0.255. The zero-order chi connectivity index (χ0) is 30.0. The van der Waals surface area contributed by atoms with Crippen LogP contribution in [0.5, 0.6) is 5.75 Å². The number of likely N-dealkylation sites (N-methyl/N-ethyl adjacent to an activating group) is 1. The van der Waals surface area contributed by atoms with E-state index in [0.717, 1.165) is 5.69 Å². The number of aryl methyl sites for hydroxylation is 1. The monoisotopic (exact) mass is 572 g/mol. The standard InChI is InChI=1S/C28H32N10O4/c1-16-6-7-29-26(32-16)19-9-20(19)28(41)35-24-10-23(30-14-31-24)33-17(2)21-12-37-11-18(42-5)8-22(27(37)34-21)38(15-39)13-25(40)36(3)4/h6-8,10-12,14-15,17,19-20H,9,13H2,1-5H3,(H2,30,31,33,35,41)/t17-,19+,20?/m1/s1. The van der Waals surface area contributed by atoms with Crippen molar-refractivity contribution in [1.29, 1.82) is 0 Å². The second-order valence-electron chi connectivity index (χ2n) is 10.3. The van der Waals surface area contributed by atoms with Gasteiger partial charge >= 0.3 is 0 Å². The van der Waals surface area contributed by atoms with E-state index >= 15 is 0 Å². The Kier molecular flexibility index (Phi) is 7.95. The van der Waals surface area contributed by atoms with Crippen LogP contribution in [0.2, 0.25) is 0 Å². The molecule has 0 aliphatic heterocycles. The molecule has 1 aliphatic rings. The molecule has 218 valence electrons. The third-order valence-electron chi connectivity index (χ3n) is 7.00. The van der Waals surface area contributed by atoms with Gasteiger partial charge in [-0.25, -0.2) is 24.9 Å². The molecule has 0 bridgehead atoms. The highest BCUT2D eigenvalue weighted by atomic mass is 16.5. The number of nitrogens with one attached hydrogen (secondary N) is 2. The smallest absolute Gasteiger partial charge is 0.242 e. The molecule has 1 unspecified atom stereocenters. The molecule has 4 heterocycles. The maximum atomic E-state index is 12.8. The molecule has 4 aromatic heterocycles. The molecule has 2 N–H and O–H groups in total. The summed E-state index contributed by atoms with van der Waals surface area (Å²) in [5.41, 5.74) is 2.43. The van der Waals surface area contributed by atoms with Crippen LogP contribution < -0.4 is 20.3 Å². The number of nitrogens with zero attached hydrogens (tertiary/aromatic N) is 8. The van der Waals surface area contributed by atoms with Gasteiger partial charge in [-0.3, -0.25) is 14.4 Å². The second-order valence-corrected chi connectivity index (χ2v) is 10.3. The number of carbonyl (C=O) groups is 3. The molecule has 14 nitrogen and oxygen atoms in total. The third-order valence-corrected chi connectivity index (χ3v) is 7.00. The van der Waals surface area contributed by atoms with Gasteiger partial charge in [0, 0.05) is 56.2 Å². The van der Waals surface area contributed by atoms with Crippen molar-refractivity contribution in [1.82, 2.24) is 34.2 Å². The van der Waals surface area contributed by atoms with Crippen LogP contribution in [0.1, 0.15) is 42.5 Å². The Hall–Kier alpha value is -5.14. The van der Waals surface area contributed by atoms with Gasteiger partial charge in [0.05, 0.1) is 30.7 Å². The number of hydrogen-bond acceptors (Lipinski definition) is 10. The summed E-state index contributed by atoms with van der Waals surface area (Å²) in [6, 6.07) is 4.83. The first kappa shape index (κ1) is 28.4. The Labute approximate surface area is 242 Å². The third kappa shape index (κ3) is 6.11. The van der Waals surface area contributed by atoms with Crippen molar-refractivity contribution in [2.45, 2.75) is 32.2 Å². The summed E-state index contributed by atoms with van der Waals surface area (Å²) in [7, 11) is 4.77. The first-order chi connectivity index (χ1) is 20.2. The Morgan fingerprint density at radius 2 is 1.95 bits per heavy atom. The highest BCUT2D eigenvalue weighted by Gasteiger charge is 2.46. The number of aromatic nitrogens is 6. The summed E-state index contributed by atoms with van der Waals surface area (Å²) in [6.07, 6.45) is 7.91. The van der Waals surface area contributed by atoms with Crippen molar-refractivity contribution in [3.63, 3.8) is 0 Å². The molecular weight excluding hydrogens is 540 g/mol. The topological polar surface area (TPSA) is 160 Å². The van der Waals surface area contributed by atoms with Gasteiger partial charge in [0.1, 0.15) is 36.1 Å². The molecule has 14 heteroatoms. The molecule has 0 spiro atoms. The van der Waals surface area contributed by atoms with E-state index in [1.807, 2.05) is 19.9 Å². The van der Waals surface area contributed by atoms with Gasteiger partial charge in [-0.15, -0.1) is 0 Å². The highest BCUT2D eigenvalue weighted by Crippen LogP contribution is 2.46. The number of imidazole rings is 1. The number of amides is 3. The number of methoxy groups -OCH3 is 1. The predicted molar refractivity (Wildman–Crippen MR) is 154 cm³/mol. The molecule has 0 radical (unpaired) electrons. The Bertz CT molecular complexity index is 1640. The van der Waals surface area contributed by atoms with E-state index in [9.17, 15) is 14.4 Å². The Balaban J connectivity index is 1.30. The molecule has 42 heavy (non-hydrogen) atoms. The van der Waals surface area contributed by atoms with Crippen LogP contribution in [0.25, 0.3) is 5.65 Å². The van der Waals surface area contributed by atoms with E-state index in [-0.39, 0.29) is 36.2 Å². The largest absolute Gasteiger partial charge is 0.495 e. The molecular formula is C28H32N10O4. The van der Waals surface area contributed by atoms with Gasteiger partial charge in [0.25, 0.3) is 0 Å². The zero-order valence-corrected chi connectivity index (χ0v) is 24.0. The van der Waals surface area contributed by atoms with Crippen LogP contribution >= 0.6 is 0 Å². The second kappa shape index (κ2) is 11.8. The average molecular weight is 573 g/mol. The van der Waals surface area contributed by atoms with Crippen LogP contribution in [-0.4, -0.2) is 80.2 Å². The van der Waals surface area contributed by atoms with E-state index in [2.05, 4.69) is 30.6 Å². The molecule has 1 fully saturated rings. The van der Waals surface area contributed by atoms with Crippen LogP contribution in [0.15, 0.2) is 43.1 Å². The average Bonchev–Trinajstić information content (AvgIpc) is 3.66. The molecule has 3 atom stereocenters. The van der Waals surface area contributed by atoms with Crippen molar-refractivity contribution in [3.05, 3.63) is 60.3 Å². The minimum absolute atomic E-state index is 0.000872. The highest BCUT2D eigenvalue weighted by molar-refractivity contribution is 5.94. The van der Waals surface area contributed by atoms with Crippen LogP contribution in [-0.2, 0) is 14.4 Å². The minimum atomic E-state index is -0.318. The van der Waals surface area contributed by atoms with Crippen molar-refractivity contribution >= 4 is 41.2 Å². The van der Waals surface area contributed by atoms with Crippen molar-refractivity contribution < 1.29 is 19.1 Å². The van der Waals surface area contributed by atoms with Crippen molar-refractivity contribution in [2.24, 2.45) is 5.92 Å². The lowest BCUT2D eigenvalue weighted by Gasteiger charge is -2.20. The van der Waals surface area contributed by atoms with E-state index in [0.29, 0.717) is 53.1 Å². The number of rotatable bonds is 11. The van der Waals surface area contributed by atoms with E-state index in [1.54, 1.807) is 49.2 Å². The Morgan fingerprint density at radius 1 is 1.17 bits per heavy atom. The molecule has 4 aromatic rings. The van der Waals surface area contributed by atoms with E-state index < -0.39 is 0 Å². The minimum Gasteiger partial charge on any atom is -0.495 e. The number of hydrogen-bond donors (Lipinski definition) is 2. The van der Waals surface area contributed by atoms with Gasteiger partial charge < -0.3 is 29.6 Å². The molecule has 0 aromatic carbocycles. The van der Waals surface area contributed by atoms with Gasteiger partial charge in [-0.2, -0.15) is 0 Å². The maximum absolute atomic E-state index is 12.8. The lowest BCUT2D eigenvalue weighted by molar-refractivity contribution is -0.128. The van der Waals surface area contributed by atoms with Crippen LogP contribution in [0.4, 0.5) is 17.3 Å². The summed E-state index contributed by atoms with van der Waals surface area (Å²) >= 11 is 0. The predicted octanol–water partition coefficient (Wildman–Crippen LogP) is 2.20. The first-order valence-electron chi connectivity index (χ1n) is 13.3. The summed E-state index contributed by atoms with van der Waals surface area (Å²) in [6.45, 7) is 3.66. The van der Waals surface area contributed by atoms with Gasteiger partial charge in [0.2, 0.25) is 18.2 Å². The fourth-order valence-corrected chi connectivity index (χ4v) is 4.51. The molecule has 0 saturated heterocycles. The number of fused-ring (bicyclic) bond motifs is 1. The summed E-state index contributed by atoms with van der Waals surface area (Å²) < 4.78 is 7.16. The van der Waals surface area contributed by atoms with Gasteiger partial charge in [-0.1, -0.05) is 0 Å². The first-order valence-corrected chi connectivity index (χ1v) is 13.3. The number of anilines is 3. The van der Waals surface area contributed by atoms with E-state index in [4.69, 9.17) is 9.72 Å². The molecule has 5 rings (SSSR count).